The largest absolute Gasteiger partial charge is 0.464 e. The van der Waals surface area contributed by atoms with Crippen LogP contribution in [-0.4, -0.2) is 64.5 Å². The zero-order chi connectivity index (χ0) is 25.0. The van der Waals surface area contributed by atoms with Crippen molar-refractivity contribution in [1.29, 1.82) is 0 Å². The molecule has 1 N–H and O–H groups in total. The summed E-state index contributed by atoms with van der Waals surface area (Å²) in [6.45, 7) is 1.61. The van der Waals surface area contributed by atoms with Gasteiger partial charge < -0.3 is 19.6 Å². The predicted molar refractivity (Wildman–Crippen MR) is 135 cm³/mol. The van der Waals surface area contributed by atoms with Crippen LogP contribution in [-0.2, 0) is 32.1 Å². The van der Waals surface area contributed by atoms with E-state index < -0.39 is 18.1 Å². The van der Waals surface area contributed by atoms with Crippen molar-refractivity contribution in [1.82, 2.24) is 9.80 Å². The summed E-state index contributed by atoms with van der Waals surface area (Å²) in [5.74, 6) is -1.00. The Bertz CT molecular complexity index is 1220. The average Bonchev–Trinajstić information content (AvgIpc) is 3.22. The number of hydrogen-bond donors (Lipinski definition) is 1. The molecule has 3 aromatic rings. The van der Waals surface area contributed by atoms with Crippen molar-refractivity contribution in [2.75, 3.05) is 26.3 Å². The number of esters is 1. The number of ether oxygens (including phenoxy) is 1. The molecule has 1 aromatic heterocycles. The van der Waals surface area contributed by atoms with E-state index in [0.29, 0.717) is 18.0 Å². The first-order valence-electron chi connectivity index (χ1n) is 11.4. The van der Waals surface area contributed by atoms with E-state index in [2.05, 4.69) is 0 Å². The lowest BCUT2D eigenvalue weighted by Gasteiger charge is -2.52. The highest BCUT2D eigenvalue weighted by atomic mass is 35.5. The van der Waals surface area contributed by atoms with E-state index in [1.165, 1.54) is 16.7 Å². The molecule has 1 aliphatic heterocycles. The molecule has 2 heterocycles. The van der Waals surface area contributed by atoms with Crippen molar-refractivity contribution >= 4 is 50.8 Å². The van der Waals surface area contributed by atoms with Gasteiger partial charge in [0.1, 0.15) is 12.1 Å². The van der Waals surface area contributed by atoms with Crippen LogP contribution >= 0.6 is 22.9 Å². The van der Waals surface area contributed by atoms with Crippen molar-refractivity contribution < 1.29 is 24.2 Å². The molecule has 1 aliphatic rings. The predicted octanol–water partition coefficient (Wildman–Crippen LogP) is 3.65. The summed E-state index contributed by atoms with van der Waals surface area (Å²) in [4.78, 5) is 41.3. The van der Waals surface area contributed by atoms with Crippen molar-refractivity contribution in [2.45, 2.75) is 31.8 Å². The van der Waals surface area contributed by atoms with Gasteiger partial charge in [-0.3, -0.25) is 14.4 Å². The first kappa shape index (κ1) is 25.2. The van der Waals surface area contributed by atoms with Gasteiger partial charge in [0.2, 0.25) is 5.91 Å². The maximum absolute atomic E-state index is 13.8. The molecule has 1 unspecified atom stereocenters. The summed E-state index contributed by atoms with van der Waals surface area (Å²) in [5.41, 5.74) is 0.418. The number of likely N-dealkylation sites (tertiary alicyclic amines) is 1. The number of hydrogen-bond acceptors (Lipinski definition) is 6. The minimum atomic E-state index is -1.33. The Kier molecular flexibility index (Phi) is 7.74. The summed E-state index contributed by atoms with van der Waals surface area (Å²) in [6, 6.07) is 15.0. The molecular formula is C26H27ClN2O5S. The quantitative estimate of drug-likeness (QED) is 0.440. The fraction of sp³-hybridized carbons (Fsp3) is 0.346. The number of halogens is 1. The van der Waals surface area contributed by atoms with Crippen LogP contribution in [0.25, 0.3) is 10.1 Å². The van der Waals surface area contributed by atoms with Crippen LogP contribution in [0.4, 0.5) is 0 Å². The van der Waals surface area contributed by atoms with E-state index in [9.17, 15) is 19.5 Å². The Morgan fingerprint density at radius 2 is 1.91 bits per heavy atom. The molecule has 7 nitrogen and oxygen atoms in total. The van der Waals surface area contributed by atoms with Crippen LogP contribution in [0.15, 0.2) is 53.9 Å². The van der Waals surface area contributed by atoms with Gasteiger partial charge in [-0.05, 0) is 46.5 Å². The number of amides is 2. The molecule has 184 valence electrons. The van der Waals surface area contributed by atoms with E-state index in [0.717, 1.165) is 21.2 Å². The van der Waals surface area contributed by atoms with Gasteiger partial charge in [-0.15, -0.1) is 11.3 Å². The number of fused-ring (bicyclic) bond motifs is 1. The van der Waals surface area contributed by atoms with E-state index in [1.54, 1.807) is 23.5 Å². The molecule has 0 bridgehead atoms. The SMILES string of the molecule is CC(=O)OCCN(Cc1ccc(Cl)cc1)C(=O)C1(CO)CCN1C(=O)Cc1csc2ccccc12. The Hall–Kier alpha value is -2.94. The van der Waals surface area contributed by atoms with E-state index in [-0.39, 0.29) is 37.9 Å². The summed E-state index contributed by atoms with van der Waals surface area (Å²) in [6.07, 6.45) is 0.521. The number of nitrogens with zero attached hydrogens (tertiary/aromatic N) is 2. The minimum absolute atomic E-state index is 0.0189. The molecule has 35 heavy (non-hydrogen) atoms. The second-order valence-corrected chi connectivity index (χ2v) is 9.96. The van der Waals surface area contributed by atoms with Crippen LogP contribution < -0.4 is 0 Å². The number of carbonyl (C=O) groups excluding carboxylic acids is 3. The third kappa shape index (κ3) is 5.34. The highest BCUT2D eigenvalue weighted by Crippen LogP contribution is 2.35. The molecule has 1 saturated heterocycles. The number of benzene rings is 2. The molecule has 4 rings (SSSR count). The summed E-state index contributed by atoms with van der Waals surface area (Å²) < 4.78 is 6.17. The van der Waals surface area contributed by atoms with Crippen LogP contribution in [0.1, 0.15) is 24.5 Å². The molecule has 0 radical (unpaired) electrons. The van der Waals surface area contributed by atoms with Crippen LogP contribution in [0.5, 0.6) is 0 Å². The zero-order valence-corrected chi connectivity index (χ0v) is 21.0. The molecule has 1 atom stereocenters. The van der Waals surface area contributed by atoms with Crippen molar-refractivity contribution in [3.63, 3.8) is 0 Å². The van der Waals surface area contributed by atoms with E-state index in [1.807, 2.05) is 41.8 Å². The smallest absolute Gasteiger partial charge is 0.302 e. The highest BCUT2D eigenvalue weighted by molar-refractivity contribution is 7.17. The maximum atomic E-state index is 13.8. The van der Waals surface area contributed by atoms with Gasteiger partial charge in [-0.1, -0.05) is 41.9 Å². The topological polar surface area (TPSA) is 87.2 Å². The number of aliphatic hydroxyl groups is 1. The minimum Gasteiger partial charge on any atom is -0.464 e. The Morgan fingerprint density at radius 1 is 1.17 bits per heavy atom. The van der Waals surface area contributed by atoms with Crippen LogP contribution in [0, 0.1) is 0 Å². The molecule has 9 heteroatoms. The Labute approximate surface area is 212 Å². The second kappa shape index (κ2) is 10.8. The normalized spacial score (nSPS) is 17.2. The summed E-state index contributed by atoms with van der Waals surface area (Å²) in [7, 11) is 0. The molecular weight excluding hydrogens is 488 g/mol. The third-order valence-electron chi connectivity index (χ3n) is 6.37. The summed E-state index contributed by atoms with van der Waals surface area (Å²) in [5, 5.41) is 13.9. The lowest BCUT2D eigenvalue weighted by molar-refractivity contribution is -0.171. The van der Waals surface area contributed by atoms with Gasteiger partial charge in [0.15, 0.2) is 0 Å². The fourth-order valence-corrected chi connectivity index (χ4v) is 5.48. The highest BCUT2D eigenvalue weighted by Gasteiger charge is 2.54. The first-order chi connectivity index (χ1) is 16.8. The number of rotatable bonds is 9. The first-order valence-corrected chi connectivity index (χ1v) is 12.6. The second-order valence-electron chi connectivity index (χ2n) is 8.61. The Balaban J connectivity index is 1.53. The maximum Gasteiger partial charge on any atom is 0.302 e. The molecule has 1 fully saturated rings. The van der Waals surface area contributed by atoms with Gasteiger partial charge in [0.25, 0.3) is 5.91 Å². The van der Waals surface area contributed by atoms with Crippen molar-refractivity contribution in [3.05, 3.63) is 70.1 Å². The van der Waals surface area contributed by atoms with Crippen molar-refractivity contribution in [3.8, 4) is 0 Å². The van der Waals surface area contributed by atoms with Gasteiger partial charge >= 0.3 is 5.97 Å². The monoisotopic (exact) mass is 514 g/mol. The van der Waals surface area contributed by atoms with Gasteiger partial charge in [0, 0.05) is 29.7 Å². The molecule has 2 aromatic carbocycles. The van der Waals surface area contributed by atoms with E-state index >= 15 is 0 Å². The van der Waals surface area contributed by atoms with Gasteiger partial charge in [0.05, 0.1) is 19.6 Å². The lowest BCUT2D eigenvalue weighted by Crippen LogP contribution is -2.71. The Morgan fingerprint density at radius 3 is 2.57 bits per heavy atom. The van der Waals surface area contributed by atoms with Crippen LogP contribution in [0.2, 0.25) is 5.02 Å². The van der Waals surface area contributed by atoms with Crippen LogP contribution in [0.3, 0.4) is 0 Å². The van der Waals surface area contributed by atoms with Gasteiger partial charge in [-0.2, -0.15) is 0 Å². The molecule has 0 saturated carbocycles. The number of aliphatic hydroxyl groups excluding tert-OH is 1. The number of carbonyl (C=O) groups is 3. The molecule has 0 aliphatic carbocycles. The van der Waals surface area contributed by atoms with E-state index in [4.69, 9.17) is 16.3 Å². The molecule has 0 spiro atoms. The standard InChI is InChI=1S/C26H27ClN2O5S/c1-18(31)34-13-12-28(15-19-6-8-21(27)9-7-19)25(33)26(17-30)10-11-29(26)24(32)14-20-16-35-23-5-3-2-4-22(20)23/h2-9,16,30H,10-15,17H2,1H3. The third-order valence-corrected chi connectivity index (χ3v) is 7.63. The molecule has 2 amide bonds. The summed E-state index contributed by atoms with van der Waals surface area (Å²) >= 11 is 7.57. The average molecular weight is 515 g/mol. The van der Waals surface area contributed by atoms with Gasteiger partial charge in [-0.25, -0.2) is 0 Å². The lowest BCUT2D eigenvalue weighted by atomic mass is 9.82. The fourth-order valence-electron chi connectivity index (χ4n) is 4.40. The zero-order valence-electron chi connectivity index (χ0n) is 19.4. The van der Waals surface area contributed by atoms with Crippen molar-refractivity contribution in [2.24, 2.45) is 0 Å². The number of thiophene rings is 1.